The molecule has 2 aliphatic heterocycles. The van der Waals surface area contributed by atoms with E-state index in [-0.39, 0.29) is 18.6 Å². The summed E-state index contributed by atoms with van der Waals surface area (Å²) in [5.74, 6) is 6.22. The standard InChI is InChI=1S/C22H25ClN4O4/c1-26(22(29)20-14-30-9-10-31-20)16-4-6-27(7-5-16)21-13-24-18-12-17(23)15(3-2-8-28)11-19(18)25-21/h11-13,16,20,28H,4-10,14H2,1H3/t20-/m1/s1. The number of benzene rings is 1. The normalized spacial score (nSPS) is 19.7. The first kappa shape index (κ1) is 21.8. The minimum absolute atomic E-state index is 0.0166. The van der Waals surface area contributed by atoms with Crippen molar-refractivity contribution >= 4 is 34.4 Å². The number of ether oxygens (including phenoxy) is 2. The molecule has 0 saturated carbocycles. The number of piperidine rings is 1. The van der Waals surface area contributed by atoms with Crippen LogP contribution in [0.15, 0.2) is 18.3 Å². The van der Waals surface area contributed by atoms with Crippen molar-refractivity contribution < 1.29 is 19.4 Å². The number of aromatic nitrogens is 2. The Morgan fingerprint density at radius 2 is 2.13 bits per heavy atom. The van der Waals surface area contributed by atoms with Gasteiger partial charge in [-0.2, -0.15) is 0 Å². The molecule has 0 aliphatic carbocycles. The molecule has 1 aromatic heterocycles. The Bertz CT molecular complexity index is 1010. The van der Waals surface area contributed by atoms with E-state index in [1.165, 1.54) is 0 Å². The minimum Gasteiger partial charge on any atom is -0.384 e. The second-order valence-electron chi connectivity index (χ2n) is 7.61. The number of carbonyl (C=O) groups excluding carboxylic acids is 1. The molecular formula is C22H25ClN4O4. The van der Waals surface area contributed by atoms with Gasteiger partial charge in [0.1, 0.15) is 12.4 Å². The van der Waals surface area contributed by atoms with E-state index in [1.54, 1.807) is 23.2 Å². The summed E-state index contributed by atoms with van der Waals surface area (Å²) in [5, 5.41) is 9.41. The third-order valence-corrected chi connectivity index (χ3v) is 6.01. The number of fused-ring (bicyclic) bond motifs is 1. The van der Waals surface area contributed by atoms with Crippen molar-refractivity contribution in [2.75, 3.05) is 51.5 Å². The zero-order valence-electron chi connectivity index (χ0n) is 17.4. The van der Waals surface area contributed by atoms with Crippen molar-refractivity contribution in [3.63, 3.8) is 0 Å². The lowest BCUT2D eigenvalue weighted by Crippen LogP contribution is -2.51. The summed E-state index contributed by atoms with van der Waals surface area (Å²) in [4.78, 5) is 25.9. The molecule has 1 N–H and O–H groups in total. The maximum atomic E-state index is 12.7. The van der Waals surface area contributed by atoms with E-state index in [0.717, 1.165) is 31.7 Å². The van der Waals surface area contributed by atoms with Gasteiger partial charge < -0.3 is 24.4 Å². The van der Waals surface area contributed by atoms with Crippen LogP contribution >= 0.6 is 11.6 Å². The predicted octanol–water partition coefficient (Wildman–Crippen LogP) is 1.47. The van der Waals surface area contributed by atoms with Gasteiger partial charge in [-0.05, 0) is 25.0 Å². The maximum absolute atomic E-state index is 12.7. The highest BCUT2D eigenvalue weighted by Gasteiger charge is 2.31. The first-order valence-electron chi connectivity index (χ1n) is 10.3. The van der Waals surface area contributed by atoms with Crippen molar-refractivity contribution in [1.29, 1.82) is 0 Å². The molecule has 1 aromatic carbocycles. The molecule has 2 aromatic rings. The number of amides is 1. The number of halogens is 1. The number of hydrogen-bond donors (Lipinski definition) is 1. The molecule has 3 heterocycles. The number of hydrogen-bond acceptors (Lipinski definition) is 7. The summed E-state index contributed by atoms with van der Waals surface area (Å²) >= 11 is 6.24. The van der Waals surface area contributed by atoms with Gasteiger partial charge in [0.05, 0.1) is 42.1 Å². The molecule has 31 heavy (non-hydrogen) atoms. The van der Waals surface area contributed by atoms with E-state index in [4.69, 9.17) is 31.2 Å². The number of aliphatic hydroxyl groups excluding tert-OH is 1. The topological polar surface area (TPSA) is 88.0 Å². The third kappa shape index (κ3) is 4.91. The van der Waals surface area contributed by atoms with Gasteiger partial charge in [-0.3, -0.25) is 9.78 Å². The molecular weight excluding hydrogens is 420 g/mol. The molecule has 2 aliphatic rings. The zero-order chi connectivity index (χ0) is 21.8. The highest BCUT2D eigenvalue weighted by atomic mass is 35.5. The summed E-state index contributed by atoms with van der Waals surface area (Å²) in [6.07, 6.45) is 2.92. The van der Waals surface area contributed by atoms with Crippen molar-refractivity contribution in [2.45, 2.75) is 25.0 Å². The Morgan fingerprint density at radius 3 is 2.84 bits per heavy atom. The second-order valence-corrected chi connectivity index (χ2v) is 8.02. The summed E-state index contributed by atoms with van der Waals surface area (Å²) in [6, 6.07) is 3.68. The van der Waals surface area contributed by atoms with Crippen LogP contribution in [0.4, 0.5) is 5.82 Å². The molecule has 2 fully saturated rings. The summed E-state index contributed by atoms with van der Waals surface area (Å²) in [7, 11) is 1.84. The van der Waals surface area contributed by atoms with Gasteiger partial charge in [-0.25, -0.2) is 4.98 Å². The van der Waals surface area contributed by atoms with Crippen molar-refractivity contribution in [1.82, 2.24) is 14.9 Å². The number of nitrogens with zero attached hydrogens (tertiary/aromatic N) is 4. The molecule has 0 radical (unpaired) electrons. The average Bonchev–Trinajstić information content (AvgIpc) is 2.82. The fourth-order valence-corrected chi connectivity index (χ4v) is 4.13. The zero-order valence-corrected chi connectivity index (χ0v) is 18.1. The van der Waals surface area contributed by atoms with Gasteiger partial charge in [0.15, 0.2) is 6.10 Å². The second kappa shape index (κ2) is 9.79. The third-order valence-electron chi connectivity index (χ3n) is 5.70. The lowest BCUT2D eigenvalue weighted by Gasteiger charge is -2.38. The van der Waals surface area contributed by atoms with Crippen LogP contribution in [0.2, 0.25) is 5.02 Å². The van der Waals surface area contributed by atoms with E-state index in [2.05, 4.69) is 21.7 Å². The van der Waals surface area contributed by atoms with Crippen LogP contribution in [-0.4, -0.2) is 84.6 Å². The summed E-state index contributed by atoms with van der Waals surface area (Å²) < 4.78 is 10.9. The van der Waals surface area contributed by atoms with Gasteiger partial charge in [-0.15, -0.1) is 0 Å². The Hall–Kier alpha value is -2.44. The molecule has 0 bridgehead atoms. The molecule has 4 rings (SSSR count). The SMILES string of the molecule is CN(C(=O)[C@H]1COCCO1)C1CCN(c2cnc3cc(Cl)c(C#CCO)cc3n2)CC1. The van der Waals surface area contributed by atoms with Crippen LogP contribution in [0.25, 0.3) is 11.0 Å². The van der Waals surface area contributed by atoms with Crippen molar-refractivity contribution in [3.05, 3.63) is 28.9 Å². The highest BCUT2D eigenvalue weighted by molar-refractivity contribution is 6.32. The largest absolute Gasteiger partial charge is 0.384 e. The van der Waals surface area contributed by atoms with Crippen LogP contribution in [-0.2, 0) is 14.3 Å². The Morgan fingerprint density at radius 1 is 1.32 bits per heavy atom. The minimum atomic E-state index is -0.502. The highest BCUT2D eigenvalue weighted by Crippen LogP contribution is 2.25. The number of anilines is 1. The Balaban J connectivity index is 1.43. The molecule has 8 nitrogen and oxygen atoms in total. The van der Waals surface area contributed by atoms with E-state index >= 15 is 0 Å². The van der Waals surface area contributed by atoms with Crippen LogP contribution in [0.3, 0.4) is 0 Å². The molecule has 1 atom stereocenters. The Labute approximate surface area is 186 Å². The summed E-state index contributed by atoms with van der Waals surface area (Å²) in [5.41, 5.74) is 2.01. The fourth-order valence-electron chi connectivity index (χ4n) is 3.93. The smallest absolute Gasteiger partial charge is 0.254 e. The first-order valence-corrected chi connectivity index (χ1v) is 10.7. The van der Waals surface area contributed by atoms with E-state index in [0.29, 0.717) is 41.4 Å². The lowest BCUT2D eigenvalue weighted by molar-refractivity contribution is -0.159. The molecule has 0 unspecified atom stereocenters. The van der Waals surface area contributed by atoms with E-state index in [1.807, 2.05) is 7.05 Å². The predicted molar refractivity (Wildman–Crippen MR) is 117 cm³/mol. The van der Waals surface area contributed by atoms with E-state index < -0.39 is 6.10 Å². The van der Waals surface area contributed by atoms with Crippen LogP contribution in [0, 0.1) is 11.8 Å². The van der Waals surface area contributed by atoms with Crippen LogP contribution in [0.1, 0.15) is 18.4 Å². The van der Waals surface area contributed by atoms with Gasteiger partial charge >= 0.3 is 0 Å². The van der Waals surface area contributed by atoms with Gasteiger partial charge in [0, 0.05) is 31.7 Å². The van der Waals surface area contributed by atoms with Gasteiger partial charge in [0.2, 0.25) is 0 Å². The molecule has 2 saturated heterocycles. The number of aliphatic hydroxyl groups is 1. The van der Waals surface area contributed by atoms with Gasteiger partial charge in [-0.1, -0.05) is 23.4 Å². The number of rotatable bonds is 3. The Kier molecular flexibility index (Phi) is 6.88. The fraction of sp³-hybridized carbons (Fsp3) is 0.500. The lowest BCUT2D eigenvalue weighted by atomic mass is 10.0. The van der Waals surface area contributed by atoms with Crippen molar-refractivity contribution in [3.8, 4) is 11.8 Å². The van der Waals surface area contributed by atoms with Crippen molar-refractivity contribution in [2.24, 2.45) is 0 Å². The van der Waals surface area contributed by atoms with Crippen LogP contribution in [0.5, 0.6) is 0 Å². The van der Waals surface area contributed by atoms with Crippen LogP contribution < -0.4 is 4.90 Å². The van der Waals surface area contributed by atoms with E-state index in [9.17, 15) is 4.79 Å². The molecule has 0 spiro atoms. The average molecular weight is 445 g/mol. The molecule has 164 valence electrons. The number of carbonyl (C=O) groups is 1. The van der Waals surface area contributed by atoms with Gasteiger partial charge in [0.25, 0.3) is 5.91 Å². The maximum Gasteiger partial charge on any atom is 0.254 e. The molecule has 1 amide bonds. The first-order chi connectivity index (χ1) is 15.1. The molecule has 9 heteroatoms. The summed E-state index contributed by atoms with van der Waals surface area (Å²) in [6.45, 7) is 2.64. The number of likely N-dealkylation sites (N-methyl/N-ethyl adjacent to an activating group) is 1. The monoisotopic (exact) mass is 444 g/mol. The quantitative estimate of drug-likeness (QED) is 0.717.